The summed E-state index contributed by atoms with van der Waals surface area (Å²) in [5, 5.41) is 1.17. The third-order valence-electron chi connectivity index (χ3n) is 4.00. The Labute approximate surface area is 118 Å². The van der Waals surface area contributed by atoms with Crippen LogP contribution in [0.5, 0.6) is 5.75 Å². The molecule has 0 spiro atoms. The number of aromatic nitrogens is 1. The van der Waals surface area contributed by atoms with E-state index in [2.05, 4.69) is 11.1 Å². The summed E-state index contributed by atoms with van der Waals surface area (Å²) in [6, 6.07) is 6.06. The van der Waals surface area contributed by atoms with E-state index in [4.69, 9.17) is 4.74 Å². The number of benzene rings is 1. The molecule has 4 nitrogen and oxygen atoms in total. The van der Waals surface area contributed by atoms with Crippen molar-refractivity contribution in [3.05, 3.63) is 29.5 Å². The minimum atomic E-state index is 0.260. The Balaban J connectivity index is 1.96. The standard InChI is InChI=1S/C16H20N2O2/c1-3-4-16(19)18-8-7-15-13(10-18)12-9-11(20-2)5-6-14(12)17-15/h5-6,9,17H,3-4,7-8,10H2,1-2H3. The number of carbonyl (C=O) groups is 1. The Morgan fingerprint density at radius 3 is 3.05 bits per heavy atom. The van der Waals surface area contributed by atoms with E-state index in [9.17, 15) is 4.79 Å². The molecule has 4 heteroatoms. The fourth-order valence-corrected chi connectivity index (χ4v) is 2.91. The van der Waals surface area contributed by atoms with Crippen LogP contribution in [0.15, 0.2) is 18.2 Å². The van der Waals surface area contributed by atoms with E-state index in [0.717, 1.165) is 30.7 Å². The molecule has 1 amide bonds. The summed E-state index contributed by atoms with van der Waals surface area (Å²) >= 11 is 0. The molecule has 0 atom stereocenters. The number of carbonyl (C=O) groups excluding carboxylic acids is 1. The van der Waals surface area contributed by atoms with Crippen molar-refractivity contribution in [1.29, 1.82) is 0 Å². The van der Waals surface area contributed by atoms with Crippen molar-refractivity contribution in [2.45, 2.75) is 32.7 Å². The fourth-order valence-electron chi connectivity index (χ4n) is 2.91. The van der Waals surface area contributed by atoms with Gasteiger partial charge in [-0.3, -0.25) is 4.79 Å². The number of nitrogens with one attached hydrogen (secondary N) is 1. The van der Waals surface area contributed by atoms with Crippen LogP contribution in [-0.4, -0.2) is 29.4 Å². The summed E-state index contributed by atoms with van der Waals surface area (Å²) in [6.45, 7) is 3.57. The molecule has 1 aliphatic heterocycles. The van der Waals surface area contributed by atoms with Crippen LogP contribution in [0.25, 0.3) is 10.9 Å². The molecule has 0 aliphatic carbocycles. The number of aromatic amines is 1. The van der Waals surface area contributed by atoms with Crippen molar-refractivity contribution >= 4 is 16.8 Å². The highest BCUT2D eigenvalue weighted by molar-refractivity contribution is 5.87. The maximum absolute atomic E-state index is 12.1. The van der Waals surface area contributed by atoms with Gasteiger partial charge in [0.1, 0.15) is 5.75 Å². The molecule has 1 N–H and O–H groups in total. The molecule has 2 heterocycles. The van der Waals surface area contributed by atoms with Gasteiger partial charge in [-0.15, -0.1) is 0 Å². The normalized spacial score (nSPS) is 14.4. The Morgan fingerprint density at radius 1 is 1.45 bits per heavy atom. The fraction of sp³-hybridized carbons (Fsp3) is 0.438. The highest BCUT2D eigenvalue weighted by Gasteiger charge is 2.23. The van der Waals surface area contributed by atoms with Crippen molar-refractivity contribution in [1.82, 2.24) is 9.88 Å². The topological polar surface area (TPSA) is 45.3 Å². The highest BCUT2D eigenvalue weighted by Crippen LogP contribution is 2.30. The van der Waals surface area contributed by atoms with E-state index in [1.807, 2.05) is 24.0 Å². The van der Waals surface area contributed by atoms with Gasteiger partial charge in [0.2, 0.25) is 5.91 Å². The Bertz CT molecular complexity index is 645. The molecule has 0 radical (unpaired) electrons. The van der Waals surface area contributed by atoms with Gasteiger partial charge in [-0.25, -0.2) is 0 Å². The van der Waals surface area contributed by atoms with E-state index >= 15 is 0 Å². The first-order valence-corrected chi connectivity index (χ1v) is 7.18. The molecule has 0 fully saturated rings. The average molecular weight is 272 g/mol. The van der Waals surface area contributed by atoms with Crippen molar-refractivity contribution < 1.29 is 9.53 Å². The average Bonchev–Trinajstić information content (AvgIpc) is 2.84. The molecule has 0 bridgehead atoms. The largest absolute Gasteiger partial charge is 0.497 e. The predicted octanol–water partition coefficient (Wildman–Crippen LogP) is 2.86. The van der Waals surface area contributed by atoms with Crippen LogP contribution in [0.1, 0.15) is 31.0 Å². The summed E-state index contributed by atoms with van der Waals surface area (Å²) in [5.41, 5.74) is 3.63. The van der Waals surface area contributed by atoms with Crippen molar-refractivity contribution in [3.63, 3.8) is 0 Å². The molecular weight excluding hydrogens is 252 g/mol. The third-order valence-corrected chi connectivity index (χ3v) is 4.00. The van der Waals surface area contributed by atoms with Gasteiger partial charge in [0.25, 0.3) is 0 Å². The smallest absolute Gasteiger partial charge is 0.222 e. The Morgan fingerprint density at radius 2 is 2.30 bits per heavy atom. The second-order valence-electron chi connectivity index (χ2n) is 5.31. The van der Waals surface area contributed by atoms with E-state index in [-0.39, 0.29) is 5.91 Å². The monoisotopic (exact) mass is 272 g/mol. The molecule has 1 aromatic heterocycles. The minimum Gasteiger partial charge on any atom is -0.497 e. The number of H-pyrrole nitrogens is 1. The van der Waals surface area contributed by atoms with Crippen LogP contribution in [0.2, 0.25) is 0 Å². The second-order valence-corrected chi connectivity index (χ2v) is 5.31. The quantitative estimate of drug-likeness (QED) is 0.933. The van der Waals surface area contributed by atoms with Crippen LogP contribution in [0.4, 0.5) is 0 Å². The molecule has 1 aromatic carbocycles. The summed E-state index contributed by atoms with van der Waals surface area (Å²) in [7, 11) is 1.68. The van der Waals surface area contributed by atoms with Gasteiger partial charge in [-0.1, -0.05) is 6.92 Å². The molecular formula is C16H20N2O2. The molecule has 106 valence electrons. The number of amides is 1. The van der Waals surface area contributed by atoms with E-state index in [1.54, 1.807) is 7.11 Å². The number of rotatable bonds is 3. The maximum Gasteiger partial charge on any atom is 0.222 e. The first-order valence-electron chi connectivity index (χ1n) is 7.18. The molecule has 0 unspecified atom stereocenters. The van der Waals surface area contributed by atoms with Crippen LogP contribution >= 0.6 is 0 Å². The lowest BCUT2D eigenvalue weighted by molar-refractivity contribution is -0.132. The zero-order valence-corrected chi connectivity index (χ0v) is 12.0. The van der Waals surface area contributed by atoms with Gasteiger partial charge >= 0.3 is 0 Å². The van der Waals surface area contributed by atoms with Crippen LogP contribution < -0.4 is 4.74 Å². The zero-order chi connectivity index (χ0) is 14.1. The van der Waals surface area contributed by atoms with Gasteiger partial charge in [0.05, 0.1) is 7.11 Å². The van der Waals surface area contributed by atoms with E-state index in [0.29, 0.717) is 13.0 Å². The SMILES string of the molecule is CCCC(=O)N1CCc2[nH]c3ccc(OC)cc3c2C1. The number of fused-ring (bicyclic) bond motifs is 3. The lowest BCUT2D eigenvalue weighted by atomic mass is 10.0. The number of nitrogens with zero attached hydrogens (tertiary/aromatic N) is 1. The Kier molecular flexibility index (Phi) is 3.38. The number of methoxy groups -OCH3 is 1. The second kappa shape index (κ2) is 5.19. The first-order chi connectivity index (χ1) is 9.72. The van der Waals surface area contributed by atoms with Crippen molar-refractivity contribution in [2.75, 3.05) is 13.7 Å². The first kappa shape index (κ1) is 13.0. The van der Waals surface area contributed by atoms with Crippen molar-refractivity contribution in [2.24, 2.45) is 0 Å². The number of ether oxygens (including phenoxy) is 1. The van der Waals surface area contributed by atoms with Crippen molar-refractivity contribution in [3.8, 4) is 5.75 Å². The van der Waals surface area contributed by atoms with E-state index in [1.165, 1.54) is 16.6 Å². The molecule has 3 rings (SSSR count). The Hall–Kier alpha value is -1.97. The highest BCUT2D eigenvalue weighted by atomic mass is 16.5. The number of hydrogen-bond acceptors (Lipinski definition) is 2. The lowest BCUT2D eigenvalue weighted by Crippen LogP contribution is -2.35. The van der Waals surface area contributed by atoms with Gasteiger partial charge in [0.15, 0.2) is 0 Å². The third kappa shape index (κ3) is 2.15. The number of hydrogen-bond donors (Lipinski definition) is 1. The van der Waals surface area contributed by atoms with Gasteiger partial charge in [0, 0.05) is 48.1 Å². The van der Waals surface area contributed by atoms with E-state index < -0.39 is 0 Å². The van der Waals surface area contributed by atoms with Gasteiger partial charge in [-0.2, -0.15) is 0 Å². The minimum absolute atomic E-state index is 0.260. The summed E-state index contributed by atoms with van der Waals surface area (Å²) in [4.78, 5) is 17.5. The predicted molar refractivity (Wildman–Crippen MR) is 78.9 cm³/mol. The maximum atomic E-state index is 12.1. The van der Waals surface area contributed by atoms with Crippen LogP contribution in [0, 0.1) is 0 Å². The van der Waals surface area contributed by atoms with Gasteiger partial charge in [-0.05, 0) is 24.6 Å². The summed E-state index contributed by atoms with van der Waals surface area (Å²) < 4.78 is 5.30. The van der Waals surface area contributed by atoms with Gasteiger partial charge < -0.3 is 14.6 Å². The zero-order valence-electron chi connectivity index (χ0n) is 12.0. The summed E-state index contributed by atoms with van der Waals surface area (Å²) in [5.74, 6) is 1.12. The molecule has 1 aliphatic rings. The van der Waals surface area contributed by atoms with Crippen LogP contribution in [-0.2, 0) is 17.8 Å². The molecule has 0 saturated carbocycles. The molecule has 2 aromatic rings. The lowest BCUT2D eigenvalue weighted by Gasteiger charge is -2.27. The molecule has 20 heavy (non-hydrogen) atoms. The molecule has 0 saturated heterocycles. The van der Waals surface area contributed by atoms with Crippen LogP contribution in [0.3, 0.4) is 0 Å². The summed E-state index contributed by atoms with van der Waals surface area (Å²) in [6.07, 6.45) is 2.45.